The molecule has 3 nitrogen and oxygen atoms in total. The monoisotopic (exact) mass is 236 g/mol. The summed E-state index contributed by atoms with van der Waals surface area (Å²) in [6.07, 6.45) is 3.10. The van der Waals surface area contributed by atoms with E-state index in [1.165, 1.54) is 11.5 Å². The molecule has 0 aliphatic heterocycles. The standard InChI is InChI=1S/C15H12N2O/c16-15(18)8-6-10-5-7-14-12(9-10)11-3-1-2-4-13(11)17-14/h1-9,17H,(H2,16,18)/b8-6+. The Kier molecular flexibility index (Phi) is 2.38. The summed E-state index contributed by atoms with van der Waals surface area (Å²) in [7, 11) is 0. The maximum absolute atomic E-state index is 10.7. The third-order valence-electron chi connectivity index (χ3n) is 2.97. The molecule has 3 aromatic rings. The fraction of sp³-hybridized carbons (Fsp3) is 0. The molecule has 3 N–H and O–H groups in total. The van der Waals surface area contributed by atoms with Gasteiger partial charge < -0.3 is 10.7 Å². The Labute approximate surface area is 104 Å². The molecule has 1 heterocycles. The van der Waals surface area contributed by atoms with Gasteiger partial charge in [0.15, 0.2) is 0 Å². The van der Waals surface area contributed by atoms with Crippen LogP contribution in [0.3, 0.4) is 0 Å². The van der Waals surface area contributed by atoms with Crippen molar-refractivity contribution in [3.05, 3.63) is 54.1 Å². The number of rotatable bonds is 2. The van der Waals surface area contributed by atoms with Crippen LogP contribution in [0.15, 0.2) is 48.5 Å². The number of aromatic nitrogens is 1. The van der Waals surface area contributed by atoms with Crippen LogP contribution in [0.2, 0.25) is 0 Å². The molecule has 0 aliphatic carbocycles. The number of nitrogens with one attached hydrogen (secondary N) is 1. The molecule has 0 spiro atoms. The minimum Gasteiger partial charge on any atom is -0.366 e. The fourth-order valence-corrected chi connectivity index (χ4v) is 2.15. The molecule has 18 heavy (non-hydrogen) atoms. The number of primary amides is 1. The van der Waals surface area contributed by atoms with Crippen molar-refractivity contribution in [3.63, 3.8) is 0 Å². The number of benzene rings is 2. The predicted molar refractivity (Wildman–Crippen MR) is 74.0 cm³/mol. The van der Waals surface area contributed by atoms with Crippen molar-refractivity contribution >= 4 is 33.8 Å². The summed E-state index contributed by atoms with van der Waals surface area (Å²) in [6, 6.07) is 14.2. The maximum Gasteiger partial charge on any atom is 0.241 e. The zero-order chi connectivity index (χ0) is 12.5. The van der Waals surface area contributed by atoms with E-state index in [0.717, 1.165) is 22.0 Å². The molecule has 0 fully saturated rings. The number of carbonyl (C=O) groups excluding carboxylic acids is 1. The first-order valence-corrected chi connectivity index (χ1v) is 5.72. The second-order valence-corrected chi connectivity index (χ2v) is 4.21. The predicted octanol–water partition coefficient (Wildman–Crippen LogP) is 2.82. The molecule has 1 amide bonds. The Morgan fingerprint density at radius 2 is 1.83 bits per heavy atom. The summed E-state index contributed by atoms with van der Waals surface area (Å²) in [6.45, 7) is 0. The number of hydrogen-bond acceptors (Lipinski definition) is 1. The number of nitrogens with two attached hydrogens (primary N) is 1. The van der Waals surface area contributed by atoms with E-state index in [2.05, 4.69) is 11.1 Å². The third kappa shape index (κ3) is 1.76. The van der Waals surface area contributed by atoms with E-state index >= 15 is 0 Å². The maximum atomic E-state index is 10.7. The van der Waals surface area contributed by atoms with Crippen LogP contribution in [-0.2, 0) is 4.79 Å². The van der Waals surface area contributed by atoms with Crippen LogP contribution in [0, 0.1) is 0 Å². The lowest BCUT2D eigenvalue weighted by Crippen LogP contribution is -2.04. The van der Waals surface area contributed by atoms with Gasteiger partial charge in [0, 0.05) is 27.9 Å². The molecule has 3 heteroatoms. The van der Waals surface area contributed by atoms with Gasteiger partial charge in [-0.1, -0.05) is 24.3 Å². The Balaban J connectivity index is 2.21. The Morgan fingerprint density at radius 1 is 1.06 bits per heavy atom. The zero-order valence-corrected chi connectivity index (χ0v) is 9.68. The molecular weight excluding hydrogens is 224 g/mol. The van der Waals surface area contributed by atoms with E-state index in [9.17, 15) is 4.79 Å². The summed E-state index contributed by atoms with van der Waals surface area (Å²) in [5, 5.41) is 2.33. The average molecular weight is 236 g/mol. The first-order chi connectivity index (χ1) is 8.74. The van der Waals surface area contributed by atoms with Gasteiger partial charge in [0.05, 0.1) is 0 Å². The van der Waals surface area contributed by atoms with Crippen LogP contribution in [0.1, 0.15) is 5.56 Å². The van der Waals surface area contributed by atoms with E-state index in [0.29, 0.717) is 0 Å². The minimum atomic E-state index is -0.436. The van der Waals surface area contributed by atoms with Crippen molar-refractivity contribution in [2.24, 2.45) is 5.73 Å². The van der Waals surface area contributed by atoms with Crippen molar-refractivity contribution in [2.45, 2.75) is 0 Å². The van der Waals surface area contributed by atoms with Crippen LogP contribution < -0.4 is 5.73 Å². The summed E-state index contributed by atoms with van der Waals surface area (Å²) >= 11 is 0. The van der Waals surface area contributed by atoms with Gasteiger partial charge in [0.25, 0.3) is 0 Å². The molecule has 2 aromatic carbocycles. The number of amides is 1. The lowest BCUT2D eigenvalue weighted by Gasteiger charge is -1.94. The van der Waals surface area contributed by atoms with Gasteiger partial charge in [0.1, 0.15) is 0 Å². The van der Waals surface area contributed by atoms with Gasteiger partial charge in [-0.05, 0) is 29.8 Å². The Hall–Kier alpha value is -2.55. The molecular formula is C15H12N2O. The van der Waals surface area contributed by atoms with Gasteiger partial charge in [-0.25, -0.2) is 0 Å². The Bertz CT molecular complexity index is 768. The molecule has 0 atom stereocenters. The molecule has 88 valence electrons. The third-order valence-corrected chi connectivity index (χ3v) is 2.97. The molecule has 3 rings (SSSR count). The normalized spacial score (nSPS) is 11.6. The highest BCUT2D eigenvalue weighted by atomic mass is 16.1. The number of para-hydroxylation sites is 1. The number of fused-ring (bicyclic) bond motifs is 3. The highest BCUT2D eigenvalue weighted by Gasteiger charge is 2.03. The van der Waals surface area contributed by atoms with Gasteiger partial charge in [-0.3, -0.25) is 4.79 Å². The lowest BCUT2D eigenvalue weighted by molar-refractivity contribution is -0.113. The molecule has 0 radical (unpaired) electrons. The van der Waals surface area contributed by atoms with Crippen LogP contribution in [0.4, 0.5) is 0 Å². The van der Waals surface area contributed by atoms with Crippen LogP contribution >= 0.6 is 0 Å². The zero-order valence-electron chi connectivity index (χ0n) is 9.68. The minimum absolute atomic E-state index is 0.436. The lowest BCUT2D eigenvalue weighted by atomic mass is 10.1. The number of H-pyrrole nitrogens is 1. The topological polar surface area (TPSA) is 58.9 Å². The van der Waals surface area contributed by atoms with E-state index in [1.54, 1.807) is 6.08 Å². The molecule has 0 aliphatic rings. The molecule has 0 unspecified atom stereocenters. The van der Waals surface area contributed by atoms with Crippen molar-refractivity contribution in [1.29, 1.82) is 0 Å². The highest BCUT2D eigenvalue weighted by molar-refractivity contribution is 6.07. The van der Waals surface area contributed by atoms with Crippen molar-refractivity contribution in [3.8, 4) is 0 Å². The summed E-state index contributed by atoms with van der Waals surface area (Å²) < 4.78 is 0. The number of carbonyl (C=O) groups is 1. The fourth-order valence-electron chi connectivity index (χ4n) is 2.15. The average Bonchev–Trinajstić information content (AvgIpc) is 2.74. The van der Waals surface area contributed by atoms with Crippen molar-refractivity contribution in [2.75, 3.05) is 0 Å². The second-order valence-electron chi connectivity index (χ2n) is 4.21. The quantitative estimate of drug-likeness (QED) is 0.660. The van der Waals surface area contributed by atoms with E-state index in [4.69, 9.17) is 5.73 Å². The van der Waals surface area contributed by atoms with Crippen molar-refractivity contribution < 1.29 is 4.79 Å². The van der Waals surface area contributed by atoms with Gasteiger partial charge in [-0.2, -0.15) is 0 Å². The first-order valence-electron chi connectivity index (χ1n) is 5.72. The first kappa shape index (κ1) is 10.6. The Morgan fingerprint density at radius 3 is 2.67 bits per heavy atom. The van der Waals surface area contributed by atoms with Crippen LogP contribution in [0.5, 0.6) is 0 Å². The van der Waals surface area contributed by atoms with E-state index in [-0.39, 0.29) is 0 Å². The van der Waals surface area contributed by atoms with Crippen molar-refractivity contribution in [1.82, 2.24) is 4.98 Å². The largest absolute Gasteiger partial charge is 0.366 e. The molecule has 0 saturated heterocycles. The van der Waals surface area contributed by atoms with Gasteiger partial charge in [0.2, 0.25) is 5.91 Å². The molecule has 0 saturated carbocycles. The van der Waals surface area contributed by atoms with Crippen LogP contribution in [0.25, 0.3) is 27.9 Å². The number of hydrogen-bond donors (Lipinski definition) is 2. The van der Waals surface area contributed by atoms with Gasteiger partial charge >= 0.3 is 0 Å². The summed E-state index contributed by atoms with van der Waals surface area (Å²) in [5.41, 5.74) is 8.26. The second kappa shape index (κ2) is 4.04. The van der Waals surface area contributed by atoms with Gasteiger partial charge in [-0.15, -0.1) is 0 Å². The molecule has 0 bridgehead atoms. The SMILES string of the molecule is NC(=O)/C=C/c1ccc2[nH]c3ccccc3c2c1. The summed E-state index contributed by atoms with van der Waals surface area (Å²) in [4.78, 5) is 14.1. The molecule has 1 aromatic heterocycles. The van der Waals surface area contributed by atoms with E-state index < -0.39 is 5.91 Å². The summed E-state index contributed by atoms with van der Waals surface area (Å²) in [5.74, 6) is -0.436. The van der Waals surface area contributed by atoms with E-state index in [1.807, 2.05) is 36.4 Å². The highest BCUT2D eigenvalue weighted by Crippen LogP contribution is 2.26. The number of aromatic amines is 1. The van der Waals surface area contributed by atoms with Crippen LogP contribution in [-0.4, -0.2) is 10.9 Å². The smallest absolute Gasteiger partial charge is 0.241 e.